The molecule has 2 aliphatic heterocycles. The van der Waals surface area contributed by atoms with Crippen molar-refractivity contribution in [2.45, 2.75) is 82.4 Å². The van der Waals surface area contributed by atoms with Gasteiger partial charge in [-0.2, -0.15) is 0 Å². The summed E-state index contributed by atoms with van der Waals surface area (Å²) < 4.78 is 0. The lowest BCUT2D eigenvalue weighted by atomic mass is 10.1. The summed E-state index contributed by atoms with van der Waals surface area (Å²) in [5.41, 5.74) is 0. The van der Waals surface area contributed by atoms with Gasteiger partial charge in [-0.25, -0.2) is 0 Å². The first-order valence-electron chi connectivity index (χ1n) is 7.23. The first kappa shape index (κ1) is 14.3. The molecule has 0 aromatic carbocycles. The van der Waals surface area contributed by atoms with Crippen LogP contribution in [0.2, 0.25) is 0 Å². The van der Waals surface area contributed by atoms with Crippen LogP contribution in [0.15, 0.2) is 0 Å². The molecule has 0 spiro atoms. The summed E-state index contributed by atoms with van der Waals surface area (Å²) in [7, 11) is 0.455. The van der Waals surface area contributed by atoms with Crippen LogP contribution in [0.1, 0.15) is 67.2 Å². The lowest BCUT2D eigenvalue weighted by Gasteiger charge is -2.49. The number of hydrogen-bond donors (Lipinski definition) is 0. The average molecular weight is 272 g/mol. The predicted octanol–water partition coefficient (Wildman–Crippen LogP) is 5.83. The number of rotatable bonds is 2. The van der Waals surface area contributed by atoms with E-state index in [1.807, 2.05) is 0 Å². The molecular weight excluding hydrogens is 242 g/mol. The molecule has 17 heavy (non-hydrogen) atoms. The zero-order valence-corrected chi connectivity index (χ0v) is 14.4. The van der Waals surface area contributed by atoms with Crippen molar-refractivity contribution >= 4 is 15.8 Å². The molecule has 2 heterocycles. The molecule has 2 fully saturated rings. The standard InChI is InChI=1S/C15H30P2/c1-13(2)9-7-11-16(13)15(5,6)17-12-8-10-14(17,3)4/h7-12H2,1-6H3. The van der Waals surface area contributed by atoms with Crippen LogP contribution in [-0.2, 0) is 0 Å². The van der Waals surface area contributed by atoms with E-state index in [4.69, 9.17) is 0 Å². The fourth-order valence-corrected chi connectivity index (χ4v) is 14.9. The molecule has 2 saturated heterocycles. The summed E-state index contributed by atoms with van der Waals surface area (Å²) >= 11 is 0. The van der Waals surface area contributed by atoms with Crippen molar-refractivity contribution in [1.82, 2.24) is 0 Å². The Kier molecular flexibility index (Phi) is 3.74. The van der Waals surface area contributed by atoms with Gasteiger partial charge in [0.1, 0.15) is 0 Å². The Morgan fingerprint density at radius 3 is 1.35 bits per heavy atom. The van der Waals surface area contributed by atoms with Gasteiger partial charge in [0.2, 0.25) is 0 Å². The highest BCUT2D eigenvalue weighted by Gasteiger charge is 2.51. The van der Waals surface area contributed by atoms with Gasteiger partial charge >= 0.3 is 0 Å². The Morgan fingerprint density at radius 2 is 1.12 bits per heavy atom. The van der Waals surface area contributed by atoms with Crippen LogP contribution in [-0.4, -0.2) is 27.5 Å². The van der Waals surface area contributed by atoms with Gasteiger partial charge in [0, 0.05) is 4.90 Å². The summed E-state index contributed by atoms with van der Waals surface area (Å²) in [6, 6.07) is 0. The molecule has 2 unspecified atom stereocenters. The Labute approximate surface area is 111 Å². The molecule has 100 valence electrons. The minimum atomic E-state index is 0.228. The summed E-state index contributed by atoms with van der Waals surface area (Å²) in [4.78, 5) is 0.657. The maximum Gasteiger partial charge on any atom is 0.00592 e. The van der Waals surface area contributed by atoms with Gasteiger partial charge in [0.15, 0.2) is 0 Å². The second-order valence-electron chi connectivity index (χ2n) is 7.63. The van der Waals surface area contributed by atoms with E-state index in [2.05, 4.69) is 41.5 Å². The first-order chi connectivity index (χ1) is 7.68. The molecule has 0 saturated carbocycles. The maximum atomic E-state index is 2.63. The van der Waals surface area contributed by atoms with Crippen molar-refractivity contribution in [1.29, 1.82) is 0 Å². The third-order valence-corrected chi connectivity index (χ3v) is 14.1. The molecule has 0 aromatic rings. The molecule has 2 aliphatic rings. The highest BCUT2D eigenvalue weighted by atomic mass is 31.2. The van der Waals surface area contributed by atoms with Crippen LogP contribution in [0, 0.1) is 0 Å². The molecule has 0 aliphatic carbocycles. The normalized spacial score (nSPS) is 36.4. The van der Waals surface area contributed by atoms with Crippen molar-refractivity contribution in [3.05, 3.63) is 0 Å². The van der Waals surface area contributed by atoms with Gasteiger partial charge in [-0.05, 0) is 48.3 Å². The van der Waals surface area contributed by atoms with E-state index < -0.39 is 0 Å². The van der Waals surface area contributed by atoms with Gasteiger partial charge in [0.25, 0.3) is 0 Å². The quantitative estimate of drug-likeness (QED) is 0.555. The molecule has 0 N–H and O–H groups in total. The summed E-state index contributed by atoms with van der Waals surface area (Å²) in [6.07, 6.45) is 9.03. The summed E-state index contributed by atoms with van der Waals surface area (Å²) in [6.45, 7) is 15.4. The number of hydrogen-bond acceptors (Lipinski definition) is 0. The molecule has 0 aromatic heterocycles. The van der Waals surface area contributed by atoms with Gasteiger partial charge in [0.05, 0.1) is 0 Å². The van der Waals surface area contributed by atoms with Crippen molar-refractivity contribution in [3.8, 4) is 0 Å². The minimum Gasteiger partial charge on any atom is -0.0906 e. The zero-order chi connectivity index (χ0) is 12.9. The molecule has 0 amide bonds. The van der Waals surface area contributed by atoms with E-state index in [0.29, 0.717) is 15.2 Å². The minimum absolute atomic E-state index is 0.228. The Bertz CT molecular complexity index is 263. The molecule has 0 radical (unpaired) electrons. The lowest BCUT2D eigenvalue weighted by Crippen LogP contribution is -2.31. The van der Waals surface area contributed by atoms with Gasteiger partial charge in [-0.15, -0.1) is 0 Å². The second-order valence-corrected chi connectivity index (χ2v) is 15.2. The average Bonchev–Trinajstić information content (AvgIpc) is 2.68. The van der Waals surface area contributed by atoms with E-state index in [1.165, 1.54) is 25.7 Å². The smallest absolute Gasteiger partial charge is 0.00592 e. The Balaban J connectivity index is 2.24. The topological polar surface area (TPSA) is 0 Å². The van der Waals surface area contributed by atoms with Crippen LogP contribution in [0.5, 0.6) is 0 Å². The second kappa shape index (κ2) is 4.45. The van der Waals surface area contributed by atoms with Crippen molar-refractivity contribution in [2.24, 2.45) is 0 Å². The Hall–Kier alpha value is 0.860. The fourth-order valence-electron chi connectivity index (χ4n) is 4.39. The largest absolute Gasteiger partial charge is 0.0906 e. The van der Waals surface area contributed by atoms with Crippen LogP contribution in [0.25, 0.3) is 0 Å². The fraction of sp³-hybridized carbons (Fsp3) is 1.00. The lowest BCUT2D eigenvalue weighted by molar-refractivity contribution is 0.643. The zero-order valence-electron chi connectivity index (χ0n) is 12.6. The Morgan fingerprint density at radius 1 is 0.765 bits per heavy atom. The molecule has 2 atom stereocenters. The van der Waals surface area contributed by atoms with E-state index in [-0.39, 0.29) is 15.8 Å². The van der Waals surface area contributed by atoms with Crippen molar-refractivity contribution in [2.75, 3.05) is 12.3 Å². The van der Waals surface area contributed by atoms with Gasteiger partial charge < -0.3 is 0 Å². The highest BCUT2D eigenvalue weighted by Crippen LogP contribution is 2.80. The third-order valence-electron chi connectivity index (χ3n) is 5.12. The molecular formula is C15H30P2. The molecule has 0 bridgehead atoms. The predicted molar refractivity (Wildman–Crippen MR) is 84.3 cm³/mol. The van der Waals surface area contributed by atoms with Crippen LogP contribution >= 0.6 is 15.8 Å². The molecule has 2 heteroatoms. The van der Waals surface area contributed by atoms with E-state index >= 15 is 0 Å². The third kappa shape index (κ3) is 2.47. The van der Waals surface area contributed by atoms with E-state index in [0.717, 1.165) is 0 Å². The maximum absolute atomic E-state index is 2.63. The highest BCUT2D eigenvalue weighted by molar-refractivity contribution is 7.79. The van der Waals surface area contributed by atoms with Gasteiger partial charge in [-0.1, -0.05) is 57.4 Å². The van der Waals surface area contributed by atoms with Crippen LogP contribution < -0.4 is 0 Å². The van der Waals surface area contributed by atoms with Crippen molar-refractivity contribution < 1.29 is 0 Å². The van der Waals surface area contributed by atoms with E-state index in [9.17, 15) is 0 Å². The summed E-state index contributed by atoms with van der Waals surface area (Å²) in [5.74, 6) is 0. The SMILES string of the molecule is CC1(C)CCCP1C(C)(C)P1CCCC1(C)C. The van der Waals surface area contributed by atoms with E-state index in [1.54, 1.807) is 12.3 Å². The summed E-state index contributed by atoms with van der Waals surface area (Å²) in [5, 5.41) is 1.31. The monoisotopic (exact) mass is 272 g/mol. The van der Waals surface area contributed by atoms with Crippen molar-refractivity contribution in [3.63, 3.8) is 0 Å². The van der Waals surface area contributed by atoms with Crippen LogP contribution in [0.4, 0.5) is 0 Å². The molecule has 0 nitrogen and oxygen atoms in total. The first-order valence-corrected chi connectivity index (χ1v) is 10.3. The van der Waals surface area contributed by atoms with Crippen LogP contribution in [0.3, 0.4) is 0 Å². The van der Waals surface area contributed by atoms with Gasteiger partial charge in [-0.3, -0.25) is 0 Å². The molecule has 2 rings (SSSR count).